The van der Waals surface area contributed by atoms with E-state index >= 15 is 0 Å². The number of aromatic nitrogens is 2. The fourth-order valence-corrected chi connectivity index (χ4v) is 0.880. The number of rotatable bonds is 2. The first-order valence-corrected chi connectivity index (χ1v) is 3.80. The van der Waals surface area contributed by atoms with E-state index in [1.54, 1.807) is 16.5 Å². The third kappa shape index (κ3) is 1.30. The summed E-state index contributed by atoms with van der Waals surface area (Å²) in [7, 11) is 0. The Hall–Kier alpha value is -0.970. The van der Waals surface area contributed by atoms with Gasteiger partial charge in [0.15, 0.2) is 0 Å². The van der Waals surface area contributed by atoms with Crippen molar-refractivity contribution in [2.24, 2.45) is 5.73 Å². The highest BCUT2D eigenvalue weighted by atomic mass is 32.2. The molecule has 1 aromatic rings. The molecule has 54 valence electrons. The first kappa shape index (κ1) is 7.14. The van der Waals surface area contributed by atoms with Gasteiger partial charge in [0, 0.05) is 12.5 Å². The van der Waals surface area contributed by atoms with E-state index in [4.69, 9.17) is 5.73 Å². The predicted molar refractivity (Wildman–Crippen MR) is 39.7 cm³/mol. The van der Waals surface area contributed by atoms with Gasteiger partial charge in [-0.05, 0) is 11.9 Å². The van der Waals surface area contributed by atoms with Crippen LogP contribution in [-0.2, 0) is 0 Å². The quantitative estimate of drug-likeness (QED) is 0.662. The van der Waals surface area contributed by atoms with Crippen molar-refractivity contribution in [2.45, 2.75) is 0 Å². The van der Waals surface area contributed by atoms with Crippen LogP contribution in [0.4, 0.5) is 0 Å². The van der Waals surface area contributed by atoms with Crippen molar-refractivity contribution in [3.8, 4) is 0 Å². The maximum Gasteiger partial charge on any atom is 0.268 e. The highest BCUT2D eigenvalue weighted by molar-refractivity contribution is 7.97. The van der Waals surface area contributed by atoms with Gasteiger partial charge in [0.2, 0.25) is 0 Å². The van der Waals surface area contributed by atoms with Crippen LogP contribution in [0.15, 0.2) is 12.5 Å². The third-order valence-corrected chi connectivity index (χ3v) is 1.64. The zero-order valence-corrected chi connectivity index (χ0v) is 6.26. The number of imidazole rings is 1. The highest BCUT2D eigenvalue weighted by Crippen LogP contribution is 2.01. The summed E-state index contributed by atoms with van der Waals surface area (Å²) in [4.78, 5) is 14.2. The Kier molecular flexibility index (Phi) is 1.96. The minimum absolute atomic E-state index is 0.300. The molecule has 1 heterocycles. The molecule has 0 saturated carbocycles. The van der Waals surface area contributed by atoms with Crippen LogP contribution < -0.4 is 5.73 Å². The van der Waals surface area contributed by atoms with E-state index < -0.39 is 5.91 Å². The molecule has 0 bridgehead atoms. The van der Waals surface area contributed by atoms with Crippen LogP contribution in [0, 0.1) is 0 Å². The maximum atomic E-state index is 10.5. The zero-order valence-electron chi connectivity index (χ0n) is 5.44. The smallest absolute Gasteiger partial charge is 0.268 e. The number of hydrogen-bond acceptors (Lipinski definition) is 3. The van der Waals surface area contributed by atoms with Crippen molar-refractivity contribution in [3.05, 3.63) is 18.2 Å². The van der Waals surface area contributed by atoms with Gasteiger partial charge in [0.05, 0.1) is 0 Å². The second-order valence-corrected chi connectivity index (χ2v) is 2.45. The number of carbonyl (C=O) groups is 1. The Morgan fingerprint density at radius 1 is 1.90 bits per heavy atom. The van der Waals surface area contributed by atoms with Gasteiger partial charge in [-0.3, -0.25) is 8.77 Å². The van der Waals surface area contributed by atoms with Gasteiger partial charge >= 0.3 is 0 Å². The van der Waals surface area contributed by atoms with Crippen LogP contribution >= 0.6 is 11.9 Å². The number of nitrogens with zero attached hydrogens (tertiary/aromatic N) is 2. The highest BCUT2D eigenvalue weighted by Gasteiger charge is 2.02. The summed E-state index contributed by atoms with van der Waals surface area (Å²) in [5, 5.41) is 0. The first-order chi connectivity index (χ1) is 4.74. The van der Waals surface area contributed by atoms with Crippen molar-refractivity contribution < 1.29 is 4.79 Å². The Bertz CT molecular complexity index is 245. The van der Waals surface area contributed by atoms with Crippen molar-refractivity contribution in [3.63, 3.8) is 0 Å². The monoisotopic (exact) mass is 157 g/mol. The van der Waals surface area contributed by atoms with Crippen molar-refractivity contribution >= 4 is 17.9 Å². The summed E-state index contributed by atoms with van der Waals surface area (Å²) in [6, 6.07) is 0. The van der Waals surface area contributed by atoms with E-state index in [2.05, 4.69) is 4.98 Å². The lowest BCUT2D eigenvalue weighted by molar-refractivity contribution is 0.0996. The largest absolute Gasteiger partial charge is 0.364 e. The average molecular weight is 157 g/mol. The average Bonchev–Trinajstić information content (AvgIpc) is 2.34. The SMILES string of the molecule is CSn1cnc(C(N)=O)c1. The summed E-state index contributed by atoms with van der Waals surface area (Å²) in [6.07, 6.45) is 5.02. The van der Waals surface area contributed by atoms with Crippen molar-refractivity contribution in [1.29, 1.82) is 0 Å². The van der Waals surface area contributed by atoms with Gasteiger partial charge in [0.1, 0.15) is 12.0 Å². The topological polar surface area (TPSA) is 60.9 Å². The van der Waals surface area contributed by atoms with Gasteiger partial charge in [-0.15, -0.1) is 0 Å². The Balaban J connectivity index is 2.88. The van der Waals surface area contributed by atoms with Gasteiger partial charge in [-0.25, -0.2) is 4.98 Å². The molecule has 1 rings (SSSR count). The minimum Gasteiger partial charge on any atom is -0.364 e. The molecule has 2 N–H and O–H groups in total. The number of amides is 1. The molecule has 1 aromatic heterocycles. The van der Waals surface area contributed by atoms with Gasteiger partial charge in [0.25, 0.3) is 5.91 Å². The second kappa shape index (κ2) is 2.74. The molecule has 10 heavy (non-hydrogen) atoms. The van der Waals surface area contributed by atoms with Crippen LogP contribution in [-0.4, -0.2) is 21.1 Å². The molecule has 0 saturated heterocycles. The van der Waals surface area contributed by atoms with E-state index in [1.165, 1.54) is 11.9 Å². The zero-order chi connectivity index (χ0) is 7.56. The van der Waals surface area contributed by atoms with E-state index in [-0.39, 0.29) is 0 Å². The fraction of sp³-hybridized carbons (Fsp3) is 0.200. The summed E-state index contributed by atoms with van der Waals surface area (Å²) < 4.78 is 1.71. The van der Waals surface area contributed by atoms with E-state index in [0.29, 0.717) is 5.69 Å². The Morgan fingerprint density at radius 2 is 2.60 bits per heavy atom. The molecule has 0 aromatic carbocycles. The van der Waals surface area contributed by atoms with E-state index in [9.17, 15) is 4.79 Å². The molecule has 0 aliphatic rings. The predicted octanol–water partition coefficient (Wildman–Crippen LogP) is 0.108. The lowest BCUT2D eigenvalue weighted by Gasteiger charge is -1.88. The Labute approximate surface area is 62.6 Å². The van der Waals surface area contributed by atoms with Crippen molar-refractivity contribution in [1.82, 2.24) is 8.96 Å². The van der Waals surface area contributed by atoms with Crippen molar-refractivity contribution in [2.75, 3.05) is 6.26 Å². The van der Waals surface area contributed by atoms with E-state index in [0.717, 1.165) is 0 Å². The molecule has 0 atom stereocenters. The molecule has 0 radical (unpaired) electrons. The van der Waals surface area contributed by atoms with Crippen LogP contribution in [0.5, 0.6) is 0 Å². The molecule has 4 nitrogen and oxygen atoms in total. The van der Waals surface area contributed by atoms with Gasteiger partial charge in [-0.2, -0.15) is 0 Å². The number of carbonyl (C=O) groups excluding carboxylic acids is 1. The Morgan fingerprint density at radius 3 is 2.90 bits per heavy atom. The number of hydrogen-bond donors (Lipinski definition) is 1. The standard InChI is InChI=1S/C5H7N3OS/c1-10-8-2-4(5(6)9)7-3-8/h2-3H,1H3,(H2,6,9). The minimum atomic E-state index is -0.493. The van der Waals surface area contributed by atoms with Crippen LogP contribution in [0.25, 0.3) is 0 Å². The molecule has 0 fully saturated rings. The molecule has 0 spiro atoms. The van der Waals surface area contributed by atoms with Crippen LogP contribution in [0.2, 0.25) is 0 Å². The van der Waals surface area contributed by atoms with Gasteiger partial charge < -0.3 is 5.73 Å². The lowest BCUT2D eigenvalue weighted by Crippen LogP contribution is -2.10. The molecule has 0 unspecified atom stereocenters. The lowest BCUT2D eigenvalue weighted by atomic mass is 10.5. The molecular formula is C5H7N3OS. The second-order valence-electron chi connectivity index (χ2n) is 1.67. The maximum absolute atomic E-state index is 10.5. The summed E-state index contributed by atoms with van der Waals surface area (Å²) in [6.45, 7) is 0. The summed E-state index contributed by atoms with van der Waals surface area (Å²) in [5.41, 5.74) is 5.26. The third-order valence-electron chi connectivity index (χ3n) is 1.02. The first-order valence-electron chi connectivity index (χ1n) is 2.62. The van der Waals surface area contributed by atoms with Gasteiger partial charge in [-0.1, -0.05) is 0 Å². The molecule has 1 amide bonds. The fourth-order valence-electron chi connectivity index (χ4n) is 0.533. The number of nitrogens with two attached hydrogens (primary N) is 1. The summed E-state index contributed by atoms with van der Waals surface area (Å²) >= 11 is 1.45. The molecule has 0 aliphatic carbocycles. The molecular weight excluding hydrogens is 150 g/mol. The normalized spacial score (nSPS) is 9.70. The number of primary amides is 1. The van der Waals surface area contributed by atoms with E-state index in [1.807, 2.05) is 6.26 Å². The van der Waals surface area contributed by atoms with Crippen LogP contribution in [0.1, 0.15) is 10.5 Å². The summed E-state index contributed by atoms with van der Waals surface area (Å²) in [5.74, 6) is -0.493. The van der Waals surface area contributed by atoms with Crippen LogP contribution in [0.3, 0.4) is 0 Å². The molecule has 0 aliphatic heterocycles. The molecule has 5 heteroatoms.